The number of nitrogens with one attached hydrogen (secondary N) is 1. The van der Waals surface area contributed by atoms with Crippen LogP contribution in [0, 0.1) is 0 Å². The van der Waals surface area contributed by atoms with E-state index < -0.39 is 0 Å². The van der Waals surface area contributed by atoms with E-state index >= 15 is 0 Å². The largest absolute Gasteiger partial charge is 0.507 e. The summed E-state index contributed by atoms with van der Waals surface area (Å²) >= 11 is 3.36. The Labute approximate surface area is 128 Å². The summed E-state index contributed by atoms with van der Waals surface area (Å²) in [4.78, 5) is 4.36. The molecule has 0 saturated carbocycles. The van der Waals surface area contributed by atoms with Crippen molar-refractivity contribution in [2.24, 2.45) is 4.99 Å². The minimum Gasteiger partial charge on any atom is -0.507 e. The molecular formula is C14H10BrN5O. The monoisotopic (exact) mass is 343 g/mol. The van der Waals surface area contributed by atoms with Crippen LogP contribution in [0.4, 0.5) is 5.69 Å². The molecule has 0 atom stereocenters. The number of hydrogen-bond donors (Lipinski definition) is 2. The van der Waals surface area contributed by atoms with E-state index in [1.165, 1.54) is 0 Å². The van der Waals surface area contributed by atoms with Gasteiger partial charge in [-0.3, -0.25) is 4.99 Å². The molecular weight excluding hydrogens is 334 g/mol. The Balaban J connectivity index is 1.90. The molecule has 1 heterocycles. The Bertz CT molecular complexity index is 786. The van der Waals surface area contributed by atoms with Crippen molar-refractivity contribution >= 4 is 27.8 Å². The van der Waals surface area contributed by atoms with Gasteiger partial charge in [0.15, 0.2) is 0 Å². The second-order valence-electron chi connectivity index (χ2n) is 4.25. The topological polar surface area (TPSA) is 87.0 Å². The quantitative estimate of drug-likeness (QED) is 0.715. The standard InChI is InChI=1S/C14H10BrN5O/c15-11-4-5-13(21)10(6-11)8-16-12-3-1-2-9(7-12)14-17-19-20-18-14/h1-8,21H,(H,17,18,19,20). The first-order valence-electron chi connectivity index (χ1n) is 6.09. The van der Waals surface area contributed by atoms with Gasteiger partial charge in [-0.05, 0) is 35.5 Å². The van der Waals surface area contributed by atoms with Crippen LogP contribution in [-0.4, -0.2) is 31.9 Å². The molecule has 3 rings (SSSR count). The van der Waals surface area contributed by atoms with E-state index in [4.69, 9.17) is 0 Å². The minimum atomic E-state index is 0.177. The summed E-state index contributed by atoms with van der Waals surface area (Å²) in [6, 6.07) is 12.6. The summed E-state index contributed by atoms with van der Waals surface area (Å²) in [5.41, 5.74) is 2.18. The van der Waals surface area contributed by atoms with Gasteiger partial charge in [-0.15, -0.1) is 10.2 Å². The van der Waals surface area contributed by atoms with Gasteiger partial charge < -0.3 is 5.11 Å². The highest BCUT2D eigenvalue weighted by Gasteiger charge is 2.03. The van der Waals surface area contributed by atoms with Gasteiger partial charge >= 0.3 is 0 Å². The van der Waals surface area contributed by atoms with E-state index in [-0.39, 0.29) is 5.75 Å². The zero-order valence-corrected chi connectivity index (χ0v) is 12.3. The van der Waals surface area contributed by atoms with Crippen molar-refractivity contribution in [1.29, 1.82) is 0 Å². The Morgan fingerprint density at radius 1 is 1.19 bits per heavy atom. The molecule has 104 valence electrons. The summed E-state index contributed by atoms with van der Waals surface area (Å²) in [5.74, 6) is 0.689. The molecule has 0 radical (unpaired) electrons. The Morgan fingerprint density at radius 2 is 2.10 bits per heavy atom. The zero-order chi connectivity index (χ0) is 14.7. The third kappa shape index (κ3) is 3.14. The number of rotatable bonds is 3. The van der Waals surface area contributed by atoms with Gasteiger partial charge in [0.1, 0.15) is 5.75 Å². The first-order chi connectivity index (χ1) is 10.2. The summed E-state index contributed by atoms with van der Waals surface area (Å²) in [6.45, 7) is 0. The molecule has 0 amide bonds. The van der Waals surface area contributed by atoms with Crippen LogP contribution in [-0.2, 0) is 0 Å². The van der Waals surface area contributed by atoms with Crippen molar-refractivity contribution in [2.45, 2.75) is 0 Å². The van der Waals surface area contributed by atoms with Crippen LogP contribution in [0.2, 0.25) is 0 Å². The second-order valence-corrected chi connectivity index (χ2v) is 5.16. The Morgan fingerprint density at radius 3 is 2.90 bits per heavy atom. The van der Waals surface area contributed by atoms with E-state index in [0.717, 1.165) is 15.7 Å². The predicted octanol–water partition coefficient (Wildman–Crippen LogP) is 3.09. The third-order valence-electron chi connectivity index (χ3n) is 2.79. The molecule has 0 saturated heterocycles. The lowest BCUT2D eigenvalue weighted by Gasteiger charge is -2.00. The highest BCUT2D eigenvalue weighted by molar-refractivity contribution is 9.10. The molecule has 7 heteroatoms. The number of aromatic nitrogens is 4. The fraction of sp³-hybridized carbons (Fsp3) is 0. The number of phenols is 1. The highest BCUT2D eigenvalue weighted by Crippen LogP contribution is 2.23. The number of nitrogens with zero attached hydrogens (tertiary/aromatic N) is 4. The molecule has 0 aliphatic heterocycles. The van der Waals surface area contributed by atoms with Crippen molar-refractivity contribution in [3.63, 3.8) is 0 Å². The van der Waals surface area contributed by atoms with E-state index in [1.54, 1.807) is 24.4 Å². The molecule has 2 aromatic carbocycles. The van der Waals surface area contributed by atoms with Crippen molar-refractivity contribution in [2.75, 3.05) is 0 Å². The number of aliphatic imine (C=N–C) groups is 1. The zero-order valence-electron chi connectivity index (χ0n) is 10.7. The van der Waals surface area contributed by atoms with Gasteiger partial charge in [0.2, 0.25) is 5.82 Å². The molecule has 0 bridgehead atoms. The first kappa shape index (κ1) is 13.4. The summed E-state index contributed by atoms with van der Waals surface area (Å²) in [6.07, 6.45) is 1.61. The SMILES string of the molecule is Oc1ccc(Br)cc1C=Nc1cccc(-c2nn[nH]n2)c1. The number of aromatic amines is 1. The van der Waals surface area contributed by atoms with Crippen LogP contribution >= 0.6 is 15.9 Å². The maximum absolute atomic E-state index is 9.77. The Kier molecular flexibility index (Phi) is 3.74. The van der Waals surface area contributed by atoms with Crippen LogP contribution in [0.1, 0.15) is 5.56 Å². The van der Waals surface area contributed by atoms with E-state index in [2.05, 4.69) is 41.5 Å². The first-order valence-corrected chi connectivity index (χ1v) is 6.88. The number of hydrogen-bond acceptors (Lipinski definition) is 5. The van der Waals surface area contributed by atoms with Gasteiger partial charge in [0, 0.05) is 21.8 Å². The lowest BCUT2D eigenvalue weighted by molar-refractivity contribution is 0.474. The smallest absolute Gasteiger partial charge is 0.204 e. The van der Waals surface area contributed by atoms with Gasteiger partial charge in [0.05, 0.1) is 5.69 Å². The van der Waals surface area contributed by atoms with Gasteiger partial charge in [-0.25, -0.2) is 0 Å². The molecule has 3 aromatic rings. The van der Waals surface area contributed by atoms with Crippen LogP contribution in [0.5, 0.6) is 5.75 Å². The number of aromatic hydroxyl groups is 1. The molecule has 0 fully saturated rings. The number of benzene rings is 2. The average Bonchev–Trinajstić information content (AvgIpc) is 3.03. The van der Waals surface area contributed by atoms with Crippen LogP contribution < -0.4 is 0 Å². The van der Waals surface area contributed by atoms with Crippen LogP contribution in [0.15, 0.2) is 51.9 Å². The molecule has 0 unspecified atom stereocenters. The van der Waals surface area contributed by atoms with E-state index in [9.17, 15) is 5.11 Å². The average molecular weight is 344 g/mol. The third-order valence-corrected chi connectivity index (χ3v) is 3.29. The summed E-state index contributed by atoms with van der Waals surface area (Å²) in [7, 11) is 0. The maximum atomic E-state index is 9.77. The predicted molar refractivity (Wildman–Crippen MR) is 82.7 cm³/mol. The number of tetrazole rings is 1. The summed E-state index contributed by atoms with van der Waals surface area (Å²) < 4.78 is 0.877. The lowest BCUT2D eigenvalue weighted by atomic mass is 10.2. The van der Waals surface area contributed by atoms with Crippen LogP contribution in [0.3, 0.4) is 0 Å². The summed E-state index contributed by atoms with van der Waals surface area (Å²) in [5, 5.41) is 23.6. The second kappa shape index (κ2) is 5.84. The molecule has 21 heavy (non-hydrogen) atoms. The number of halogens is 1. The van der Waals surface area contributed by atoms with Gasteiger partial charge in [-0.1, -0.05) is 28.1 Å². The van der Waals surface area contributed by atoms with Crippen molar-refractivity contribution in [3.05, 3.63) is 52.5 Å². The van der Waals surface area contributed by atoms with Gasteiger partial charge in [-0.2, -0.15) is 5.21 Å². The molecule has 2 N–H and O–H groups in total. The Hall–Kier alpha value is -2.54. The van der Waals surface area contributed by atoms with Crippen LogP contribution in [0.25, 0.3) is 11.4 Å². The van der Waals surface area contributed by atoms with Crippen molar-refractivity contribution < 1.29 is 5.11 Å². The van der Waals surface area contributed by atoms with Crippen molar-refractivity contribution in [1.82, 2.24) is 20.6 Å². The van der Waals surface area contributed by atoms with Gasteiger partial charge in [0.25, 0.3) is 0 Å². The fourth-order valence-corrected chi connectivity index (χ4v) is 2.16. The number of phenolic OH excluding ortho intramolecular Hbond substituents is 1. The molecule has 0 aliphatic rings. The molecule has 0 aliphatic carbocycles. The normalized spacial score (nSPS) is 11.1. The molecule has 1 aromatic heterocycles. The van der Waals surface area contributed by atoms with E-state index in [0.29, 0.717) is 11.4 Å². The number of H-pyrrole nitrogens is 1. The van der Waals surface area contributed by atoms with Crippen molar-refractivity contribution in [3.8, 4) is 17.1 Å². The minimum absolute atomic E-state index is 0.177. The highest BCUT2D eigenvalue weighted by atomic mass is 79.9. The molecule has 0 spiro atoms. The maximum Gasteiger partial charge on any atom is 0.204 e. The van der Waals surface area contributed by atoms with E-state index in [1.807, 2.05) is 24.3 Å². The molecule has 6 nitrogen and oxygen atoms in total. The lowest BCUT2D eigenvalue weighted by Crippen LogP contribution is -1.83. The fourth-order valence-electron chi connectivity index (χ4n) is 1.78.